The lowest BCUT2D eigenvalue weighted by Crippen LogP contribution is -2.49. The zero-order chi connectivity index (χ0) is 12.9. The standard InChI is InChI=1S/C12H26O4Si/c1-6-9-17(13-7-2,14-8-3)16-11(5)12-10(4)15-12/h10-12H,6-9H2,1-5H3. The first-order valence-electron chi connectivity index (χ1n) is 6.69. The molecule has 0 saturated carbocycles. The molecule has 1 aliphatic heterocycles. The zero-order valence-electron chi connectivity index (χ0n) is 11.7. The summed E-state index contributed by atoms with van der Waals surface area (Å²) in [5, 5.41) is 0. The van der Waals surface area contributed by atoms with Crippen molar-refractivity contribution in [3.05, 3.63) is 0 Å². The maximum atomic E-state index is 6.12. The van der Waals surface area contributed by atoms with E-state index < -0.39 is 8.80 Å². The first-order valence-corrected chi connectivity index (χ1v) is 8.62. The molecule has 1 heterocycles. The summed E-state index contributed by atoms with van der Waals surface area (Å²) in [5.74, 6) is 0. The molecule has 0 radical (unpaired) electrons. The zero-order valence-corrected chi connectivity index (χ0v) is 12.7. The summed E-state index contributed by atoms with van der Waals surface area (Å²) in [6.07, 6.45) is 1.59. The van der Waals surface area contributed by atoms with E-state index in [1.807, 2.05) is 20.8 Å². The van der Waals surface area contributed by atoms with Crippen molar-refractivity contribution in [2.75, 3.05) is 13.2 Å². The molecule has 0 N–H and O–H groups in total. The van der Waals surface area contributed by atoms with Crippen LogP contribution in [-0.2, 0) is 18.0 Å². The van der Waals surface area contributed by atoms with Crippen molar-refractivity contribution in [3.63, 3.8) is 0 Å². The third-order valence-electron chi connectivity index (χ3n) is 2.87. The highest BCUT2D eigenvalue weighted by Crippen LogP contribution is 2.30. The van der Waals surface area contributed by atoms with E-state index in [0.29, 0.717) is 19.3 Å². The molecule has 0 aromatic rings. The Hall–Kier alpha value is 0.0569. The molecule has 0 amide bonds. The quantitative estimate of drug-likeness (QED) is 0.473. The van der Waals surface area contributed by atoms with E-state index in [-0.39, 0.29) is 12.2 Å². The molecule has 4 nitrogen and oxygen atoms in total. The third kappa shape index (κ3) is 4.33. The molecule has 1 rings (SSSR count). The molecule has 0 aromatic heterocycles. The van der Waals surface area contributed by atoms with Crippen LogP contribution in [0.15, 0.2) is 0 Å². The van der Waals surface area contributed by atoms with E-state index in [2.05, 4.69) is 13.8 Å². The molecule has 1 aliphatic rings. The van der Waals surface area contributed by atoms with E-state index in [1.165, 1.54) is 0 Å². The number of hydrogen-bond donors (Lipinski definition) is 0. The van der Waals surface area contributed by atoms with Gasteiger partial charge < -0.3 is 18.0 Å². The van der Waals surface area contributed by atoms with Crippen molar-refractivity contribution in [2.45, 2.75) is 65.4 Å². The van der Waals surface area contributed by atoms with Gasteiger partial charge in [-0.15, -0.1) is 0 Å². The Morgan fingerprint density at radius 2 is 1.71 bits per heavy atom. The molecule has 3 atom stereocenters. The lowest BCUT2D eigenvalue weighted by molar-refractivity contribution is 0.0284. The SMILES string of the molecule is CCC[Si](OCC)(OCC)OC(C)C1OC1C. The van der Waals surface area contributed by atoms with E-state index in [0.717, 1.165) is 12.5 Å². The van der Waals surface area contributed by atoms with Gasteiger partial charge in [0.05, 0.1) is 12.2 Å². The van der Waals surface area contributed by atoms with Crippen molar-refractivity contribution in [1.29, 1.82) is 0 Å². The Balaban J connectivity index is 2.58. The average molecular weight is 262 g/mol. The van der Waals surface area contributed by atoms with Gasteiger partial charge in [0.25, 0.3) is 0 Å². The molecule has 102 valence electrons. The summed E-state index contributed by atoms with van der Waals surface area (Å²) in [4.78, 5) is 0. The van der Waals surface area contributed by atoms with Crippen LogP contribution in [0, 0.1) is 0 Å². The van der Waals surface area contributed by atoms with Gasteiger partial charge in [-0.1, -0.05) is 13.3 Å². The van der Waals surface area contributed by atoms with Gasteiger partial charge in [0.2, 0.25) is 0 Å². The lowest BCUT2D eigenvalue weighted by atomic mass is 10.2. The van der Waals surface area contributed by atoms with Crippen molar-refractivity contribution >= 4 is 8.80 Å². The summed E-state index contributed by atoms with van der Waals surface area (Å²) >= 11 is 0. The molecule has 0 aromatic carbocycles. The van der Waals surface area contributed by atoms with Crippen LogP contribution >= 0.6 is 0 Å². The second-order valence-corrected chi connectivity index (χ2v) is 7.11. The minimum Gasteiger partial charge on any atom is -0.374 e. The molecular weight excluding hydrogens is 236 g/mol. The molecule has 1 fully saturated rings. The Morgan fingerprint density at radius 1 is 1.18 bits per heavy atom. The van der Waals surface area contributed by atoms with Crippen molar-refractivity contribution in [1.82, 2.24) is 0 Å². The number of epoxide rings is 1. The minimum atomic E-state index is -2.49. The van der Waals surface area contributed by atoms with Crippen LogP contribution in [0.2, 0.25) is 6.04 Å². The lowest BCUT2D eigenvalue weighted by Gasteiger charge is -2.31. The third-order valence-corrected chi connectivity index (χ3v) is 6.17. The predicted octanol–water partition coefficient (Wildman–Crippen LogP) is 2.60. The van der Waals surface area contributed by atoms with E-state index in [1.54, 1.807) is 0 Å². The number of rotatable bonds is 9. The van der Waals surface area contributed by atoms with Gasteiger partial charge in [0.1, 0.15) is 6.10 Å². The van der Waals surface area contributed by atoms with Gasteiger partial charge in [-0.3, -0.25) is 0 Å². The smallest absolute Gasteiger partial charge is 0.374 e. The predicted molar refractivity (Wildman–Crippen MR) is 69.0 cm³/mol. The monoisotopic (exact) mass is 262 g/mol. The van der Waals surface area contributed by atoms with Gasteiger partial charge in [-0.25, -0.2) is 0 Å². The molecule has 5 heteroatoms. The highest BCUT2D eigenvalue weighted by Gasteiger charge is 2.47. The fraction of sp³-hybridized carbons (Fsp3) is 1.00. The molecule has 0 aliphatic carbocycles. The van der Waals surface area contributed by atoms with Crippen LogP contribution in [0.1, 0.15) is 41.0 Å². The van der Waals surface area contributed by atoms with Crippen LogP contribution in [0.3, 0.4) is 0 Å². The van der Waals surface area contributed by atoms with Gasteiger partial charge in [-0.05, 0) is 27.7 Å². The minimum absolute atomic E-state index is 0.0568. The maximum absolute atomic E-state index is 6.12. The molecule has 1 saturated heterocycles. The van der Waals surface area contributed by atoms with E-state index in [4.69, 9.17) is 18.0 Å². The summed E-state index contributed by atoms with van der Waals surface area (Å²) in [6.45, 7) is 11.5. The fourth-order valence-electron chi connectivity index (χ4n) is 2.10. The molecule has 3 unspecified atom stereocenters. The van der Waals surface area contributed by atoms with Crippen LogP contribution < -0.4 is 0 Å². The van der Waals surface area contributed by atoms with Gasteiger partial charge in [-0.2, -0.15) is 0 Å². The van der Waals surface area contributed by atoms with E-state index in [9.17, 15) is 0 Å². The first kappa shape index (κ1) is 15.1. The maximum Gasteiger partial charge on any atom is 0.501 e. The normalized spacial score (nSPS) is 25.9. The highest BCUT2D eigenvalue weighted by molar-refractivity contribution is 6.60. The molecule has 0 spiro atoms. The number of ether oxygens (including phenoxy) is 1. The second kappa shape index (κ2) is 6.85. The Bertz CT molecular complexity index is 208. The van der Waals surface area contributed by atoms with Crippen molar-refractivity contribution in [3.8, 4) is 0 Å². The largest absolute Gasteiger partial charge is 0.501 e. The Morgan fingerprint density at radius 3 is 2.06 bits per heavy atom. The molecule has 0 bridgehead atoms. The average Bonchev–Trinajstić information content (AvgIpc) is 2.96. The van der Waals surface area contributed by atoms with E-state index >= 15 is 0 Å². The first-order chi connectivity index (χ1) is 8.08. The summed E-state index contributed by atoms with van der Waals surface area (Å²) in [7, 11) is -2.49. The topological polar surface area (TPSA) is 40.2 Å². The van der Waals surface area contributed by atoms with Gasteiger partial charge in [0.15, 0.2) is 0 Å². The second-order valence-electron chi connectivity index (χ2n) is 4.43. The van der Waals surface area contributed by atoms with Crippen LogP contribution in [-0.4, -0.2) is 40.3 Å². The fourth-order valence-corrected chi connectivity index (χ4v) is 4.92. The van der Waals surface area contributed by atoms with Crippen LogP contribution in [0.4, 0.5) is 0 Å². The highest BCUT2D eigenvalue weighted by atomic mass is 28.4. The molecular formula is C12H26O4Si. The van der Waals surface area contributed by atoms with Gasteiger partial charge in [0, 0.05) is 19.3 Å². The summed E-state index contributed by atoms with van der Waals surface area (Å²) < 4.78 is 23.2. The Kier molecular flexibility index (Phi) is 6.09. The van der Waals surface area contributed by atoms with Crippen LogP contribution in [0.5, 0.6) is 0 Å². The molecule has 17 heavy (non-hydrogen) atoms. The summed E-state index contributed by atoms with van der Waals surface area (Å²) in [6, 6.07) is 0.875. The van der Waals surface area contributed by atoms with Crippen molar-refractivity contribution < 1.29 is 18.0 Å². The number of hydrogen-bond acceptors (Lipinski definition) is 4. The Labute approximate surface area is 106 Å². The van der Waals surface area contributed by atoms with Crippen LogP contribution in [0.25, 0.3) is 0 Å². The van der Waals surface area contributed by atoms with Crippen molar-refractivity contribution in [2.24, 2.45) is 0 Å². The summed E-state index contributed by atoms with van der Waals surface area (Å²) in [5.41, 5.74) is 0. The van der Waals surface area contributed by atoms with Gasteiger partial charge >= 0.3 is 8.80 Å².